The third kappa shape index (κ3) is 4.11. The monoisotopic (exact) mass is 351 g/mol. The van der Waals surface area contributed by atoms with Crippen LogP contribution in [-0.4, -0.2) is 17.6 Å². The molecule has 1 atom stereocenters. The SMILES string of the molecule is C[C@@H](NCC(=O)Nc1cc(C(C)(C)C)no1)c1cccc2ccccc12. The number of hydrogen-bond acceptors (Lipinski definition) is 4. The largest absolute Gasteiger partial charge is 0.338 e. The van der Waals surface area contributed by atoms with Crippen molar-refractivity contribution in [2.24, 2.45) is 0 Å². The smallest absolute Gasteiger partial charge is 0.240 e. The van der Waals surface area contributed by atoms with Crippen molar-refractivity contribution >= 4 is 22.6 Å². The minimum absolute atomic E-state index is 0.0479. The van der Waals surface area contributed by atoms with E-state index in [1.807, 2.05) is 39.0 Å². The minimum Gasteiger partial charge on any atom is -0.338 e. The van der Waals surface area contributed by atoms with Gasteiger partial charge in [-0.15, -0.1) is 0 Å². The van der Waals surface area contributed by atoms with Gasteiger partial charge < -0.3 is 9.84 Å². The average molecular weight is 351 g/mol. The quantitative estimate of drug-likeness (QED) is 0.714. The summed E-state index contributed by atoms with van der Waals surface area (Å²) in [7, 11) is 0. The molecule has 2 N–H and O–H groups in total. The third-order valence-corrected chi connectivity index (χ3v) is 4.40. The molecular formula is C21H25N3O2. The summed E-state index contributed by atoms with van der Waals surface area (Å²) in [6.45, 7) is 8.38. The lowest BCUT2D eigenvalue weighted by atomic mass is 9.92. The molecule has 3 rings (SSSR count). The number of anilines is 1. The summed E-state index contributed by atoms with van der Waals surface area (Å²) in [6.07, 6.45) is 0. The van der Waals surface area contributed by atoms with Crippen LogP contribution in [0.2, 0.25) is 0 Å². The van der Waals surface area contributed by atoms with Gasteiger partial charge >= 0.3 is 0 Å². The first-order valence-electron chi connectivity index (χ1n) is 8.82. The summed E-state index contributed by atoms with van der Waals surface area (Å²) < 4.78 is 5.20. The minimum atomic E-state index is -0.159. The van der Waals surface area contributed by atoms with Crippen molar-refractivity contribution in [3.8, 4) is 0 Å². The highest BCUT2D eigenvalue weighted by Crippen LogP contribution is 2.25. The van der Waals surface area contributed by atoms with Crippen LogP contribution in [0.4, 0.5) is 5.88 Å². The lowest BCUT2D eigenvalue weighted by Crippen LogP contribution is -2.30. The van der Waals surface area contributed by atoms with Gasteiger partial charge in [0, 0.05) is 17.5 Å². The number of rotatable bonds is 5. The molecule has 0 saturated heterocycles. The second kappa shape index (κ2) is 7.30. The van der Waals surface area contributed by atoms with Crippen LogP contribution in [0.1, 0.15) is 45.0 Å². The Bertz CT molecular complexity index is 904. The lowest BCUT2D eigenvalue weighted by Gasteiger charge is -2.16. The van der Waals surface area contributed by atoms with Crippen LogP contribution in [0, 0.1) is 0 Å². The van der Waals surface area contributed by atoms with Crippen molar-refractivity contribution in [2.45, 2.75) is 39.2 Å². The molecule has 3 aromatic rings. The predicted molar refractivity (Wildman–Crippen MR) is 104 cm³/mol. The topological polar surface area (TPSA) is 67.2 Å². The molecule has 2 aromatic carbocycles. The normalized spacial score (nSPS) is 12.9. The van der Waals surface area contributed by atoms with Crippen molar-refractivity contribution in [2.75, 3.05) is 11.9 Å². The number of nitrogens with zero attached hydrogens (tertiary/aromatic N) is 1. The molecule has 26 heavy (non-hydrogen) atoms. The summed E-state index contributed by atoms with van der Waals surface area (Å²) in [6, 6.07) is 16.3. The Morgan fingerprint density at radius 3 is 2.62 bits per heavy atom. The number of benzene rings is 2. The molecule has 0 spiro atoms. The first-order chi connectivity index (χ1) is 12.3. The molecule has 1 heterocycles. The molecule has 0 radical (unpaired) electrons. The third-order valence-electron chi connectivity index (χ3n) is 4.40. The fraction of sp³-hybridized carbons (Fsp3) is 0.333. The van der Waals surface area contributed by atoms with E-state index in [0.29, 0.717) is 5.88 Å². The molecule has 0 unspecified atom stereocenters. The molecule has 5 nitrogen and oxygen atoms in total. The maximum absolute atomic E-state index is 12.2. The molecule has 0 fully saturated rings. The Labute approximate surface area is 153 Å². The molecule has 0 aliphatic rings. The maximum Gasteiger partial charge on any atom is 0.240 e. The Morgan fingerprint density at radius 2 is 1.88 bits per heavy atom. The van der Waals surface area contributed by atoms with E-state index in [1.54, 1.807) is 6.07 Å². The number of aromatic nitrogens is 1. The number of fused-ring (bicyclic) bond motifs is 1. The van der Waals surface area contributed by atoms with E-state index in [4.69, 9.17) is 4.52 Å². The standard InChI is InChI=1S/C21H25N3O2/c1-14(16-11-7-9-15-8-5-6-10-17(15)16)22-13-19(25)23-20-12-18(24-26-20)21(2,3)4/h5-12,14,22H,13H2,1-4H3,(H,23,25)/t14-/m1/s1. The first kappa shape index (κ1) is 18.1. The van der Waals surface area contributed by atoms with E-state index < -0.39 is 0 Å². The van der Waals surface area contributed by atoms with Crippen LogP contribution >= 0.6 is 0 Å². The lowest BCUT2D eigenvalue weighted by molar-refractivity contribution is -0.115. The molecule has 136 valence electrons. The zero-order valence-corrected chi connectivity index (χ0v) is 15.7. The Balaban J connectivity index is 1.61. The van der Waals surface area contributed by atoms with E-state index in [0.717, 1.165) is 5.69 Å². The summed E-state index contributed by atoms with van der Waals surface area (Å²) in [5.41, 5.74) is 1.86. The molecular weight excluding hydrogens is 326 g/mol. The molecule has 5 heteroatoms. The Morgan fingerprint density at radius 1 is 1.15 bits per heavy atom. The van der Waals surface area contributed by atoms with Gasteiger partial charge in [-0.1, -0.05) is 68.4 Å². The molecule has 1 aromatic heterocycles. The van der Waals surface area contributed by atoms with E-state index in [-0.39, 0.29) is 23.9 Å². The average Bonchev–Trinajstić information content (AvgIpc) is 3.08. The highest BCUT2D eigenvalue weighted by Gasteiger charge is 2.20. The summed E-state index contributed by atoms with van der Waals surface area (Å²) in [5.74, 6) is 0.216. The fourth-order valence-electron chi connectivity index (χ4n) is 2.85. The van der Waals surface area contributed by atoms with E-state index in [2.05, 4.69) is 47.0 Å². The second-order valence-electron chi connectivity index (χ2n) is 7.55. The zero-order valence-electron chi connectivity index (χ0n) is 15.7. The summed E-state index contributed by atoms with van der Waals surface area (Å²) in [4.78, 5) is 12.2. The van der Waals surface area contributed by atoms with Gasteiger partial charge in [-0.25, -0.2) is 0 Å². The van der Waals surface area contributed by atoms with Crippen molar-refractivity contribution in [1.82, 2.24) is 10.5 Å². The highest BCUT2D eigenvalue weighted by molar-refractivity contribution is 5.91. The molecule has 0 aliphatic heterocycles. The molecule has 0 aliphatic carbocycles. The van der Waals surface area contributed by atoms with Gasteiger partial charge in [-0.2, -0.15) is 0 Å². The predicted octanol–water partition coefficient (Wildman–Crippen LogP) is 4.41. The molecule has 0 saturated carbocycles. The second-order valence-corrected chi connectivity index (χ2v) is 7.55. The molecule has 1 amide bonds. The van der Waals surface area contributed by atoms with Crippen LogP contribution in [0.3, 0.4) is 0 Å². The van der Waals surface area contributed by atoms with Gasteiger partial charge in [0.05, 0.1) is 12.2 Å². The van der Waals surface area contributed by atoms with Gasteiger partial charge in [0.15, 0.2) is 0 Å². The molecule has 0 bridgehead atoms. The van der Waals surface area contributed by atoms with Crippen molar-refractivity contribution in [3.63, 3.8) is 0 Å². The van der Waals surface area contributed by atoms with Crippen LogP contribution < -0.4 is 10.6 Å². The highest BCUT2D eigenvalue weighted by atomic mass is 16.5. The maximum atomic E-state index is 12.2. The number of carbonyl (C=O) groups excluding carboxylic acids is 1. The van der Waals surface area contributed by atoms with Crippen LogP contribution in [0.15, 0.2) is 53.1 Å². The van der Waals surface area contributed by atoms with Crippen LogP contribution in [0.5, 0.6) is 0 Å². The van der Waals surface area contributed by atoms with Gasteiger partial charge in [-0.3, -0.25) is 10.1 Å². The van der Waals surface area contributed by atoms with Gasteiger partial charge in [-0.05, 0) is 23.3 Å². The Kier molecular flexibility index (Phi) is 5.09. The van der Waals surface area contributed by atoms with Crippen molar-refractivity contribution < 1.29 is 9.32 Å². The van der Waals surface area contributed by atoms with Crippen molar-refractivity contribution in [3.05, 3.63) is 59.8 Å². The number of nitrogens with one attached hydrogen (secondary N) is 2. The van der Waals surface area contributed by atoms with Crippen LogP contribution in [0.25, 0.3) is 10.8 Å². The number of hydrogen-bond donors (Lipinski definition) is 2. The number of amides is 1. The summed E-state index contributed by atoms with van der Waals surface area (Å²) >= 11 is 0. The zero-order chi connectivity index (χ0) is 18.7. The van der Waals surface area contributed by atoms with Crippen molar-refractivity contribution in [1.29, 1.82) is 0 Å². The van der Waals surface area contributed by atoms with E-state index in [1.165, 1.54) is 16.3 Å². The van der Waals surface area contributed by atoms with E-state index in [9.17, 15) is 4.79 Å². The van der Waals surface area contributed by atoms with Gasteiger partial charge in [0.25, 0.3) is 0 Å². The first-order valence-corrected chi connectivity index (χ1v) is 8.82. The summed E-state index contributed by atoms with van der Waals surface area (Å²) in [5, 5.41) is 12.4. The number of carbonyl (C=O) groups is 1. The van der Waals surface area contributed by atoms with Gasteiger partial charge in [0.1, 0.15) is 0 Å². The van der Waals surface area contributed by atoms with Gasteiger partial charge in [0.2, 0.25) is 11.8 Å². The Hall–Kier alpha value is -2.66. The van der Waals surface area contributed by atoms with E-state index >= 15 is 0 Å². The fourth-order valence-corrected chi connectivity index (χ4v) is 2.85. The van der Waals surface area contributed by atoms with Crippen LogP contribution in [-0.2, 0) is 10.2 Å².